The fourth-order valence-corrected chi connectivity index (χ4v) is 2.67. The first-order valence-electron chi connectivity index (χ1n) is 8.43. The van der Waals surface area contributed by atoms with Crippen LogP contribution in [-0.4, -0.2) is 26.2 Å². The summed E-state index contributed by atoms with van der Waals surface area (Å²) in [5, 5.41) is 17.0. The van der Waals surface area contributed by atoms with Crippen LogP contribution in [0.15, 0.2) is 54.9 Å². The fraction of sp³-hybridized carbons (Fsp3) is 0.300. The van der Waals surface area contributed by atoms with Gasteiger partial charge >= 0.3 is 0 Å². The number of carbonyl (C=O) groups is 1. The molecule has 0 radical (unpaired) electrons. The molecule has 0 unspecified atom stereocenters. The third-order valence-electron chi connectivity index (χ3n) is 4.19. The minimum absolute atomic E-state index is 0.107. The molecule has 5 nitrogen and oxygen atoms in total. The Hall–Kier alpha value is -2.66. The lowest BCUT2D eigenvalue weighted by atomic mass is 9.98. The average molecular weight is 337 g/mol. The number of aromatic nitrogens is 2. The van der Waals surface area contributed by atoms with Gasteiger partial charge in [0.25, 0.3) is 5.91 Å². The van der Waals surface area contributed by atoms with Crippen LogP contribution >= 0.6 is 0 Å². The molecule has 0 aliphatic heterocycles. The van der Waals surface area contributed by atoms with Crippen molar-refractivity contribution in [2.24, 2.45) is 0 Å². The molecule has 0 atom stereocenters. The van der Waals surface area contributed by atoms with E-state index >= 15 is 0 Å². The molecule has 0 spiro atoms. The monoisotopic (exact) mass is 337 g/mol. The summed E-state index contributed by atoms with van der Waals surface area (Å²) in [4.78, 5) is 12.3. The van der Waals surface area contributed by atoms with E-state index in [2.05, 4.69) is 10.4 Å². The van der Waals surface area contributed by atoms with Crippen molar-refractivity contribution >= 4 is 11.4 Å². The van der Waals surface area contributed by atoms with Crippen LogP contribution in [0.1, 0.15) is 41.8 Å². The predicted molar refractivity (Wildman–Crippen MR) is 97.4 cm³/mol. The molecule has 0 saturated carbocycles. The van der Waals surface area contributed by atoms with Crippen LogP contribution in [0.3, 0.4) is 0 Å². The van der Waals surface area contributed by atoms with E-state index in [0.29, 0.717) is 18.5 Å². The summed E-state index contributed by atoms with van der Waals surface area (Å²) in [6.07, 6.45) is 5.13. The van der Waals surface area contributed by atoms with E-state index in [1.54, 1.807) is 24.6 Å². The molecule has 1 amide bonds. The van der Waals surface area contributed by atoms with Crippen LogP contribution in [0.25, 0.3) is 5.52 Å². The second-order valence-electron chi connectivity index (χ2n) is 6.89. The van der Waals surface area contributed by atoms with Gasteiger partial charge in [-0.1, -0.05) is 18.2 Å². The van der Waals surface area contributed by atoms with Crippen LogP contribution in [0.5, 0.6) is 0 Å². The van der Waals surface area contributed by atoms with E-state index < -0.39 is 5.60 Å². The van der Waals surface area contributed by atoms with Crippen molar-refractivity contribution in [1.29, 1.82) is 0 Å². The first-order valence-corrected chi connectivity index (χ1v) is 8.43. The highest BCUT2D eigenvalue weighted by Gasteiger charge is 2.12. The normalized spacial score (nSPS) is 11.6. The van der Waals surface area contributed by atoms with Gasteiger partial charge in [0.15, 0.2) is 0 Å². The SMILES string of the molecule is CC(C)(O)CCc1ccc(C(=O)NCc2cnn3ccccc23)cc1. The van der Waals surface area contributed by atoms with Gasteiger partial charge in [0.2, 0.25) is 0 Å². The number of nitrogens with zero attached hydrogens (tertiary/aromatic N) is 2. The van der Waals surface area contributed by atoms with Crippen molar-refractivity contribution in [3.63, 3.8) is 0 Å². The number of amides is 1. The summed E-state index contributed by atoms with van der Waals surface area (Å²) in [6, 6.07) is 13.4. The van der Waals surface area contributed by atoms with E-state index in [0.717, 1.165) is 23.1 Å². The molecule has 0 aliphatic carbocycles. The standard InChI is InChI=1S/C20H23N3O2/c1-20(2,25)11-10-15-6-8-16(9-7-15)19(24)21-13-17-14-22-23-12-4-3-5-18(17)23/h3-9,12,14,25H,10-11,13H2,1-2H3,(H,21,24). The molecule has 0 aliphatic rings. The van der Waals surface area contributed by atoms with Crippen LogP contribution in [0, 0.1) is 0 Å². The molecule has 2 N–H and O–H groups in total. The number of fused-ring (bicyclic) bond motifs is 1. The Labute approximate surface area is 147 Å². The number of benzene rings is 1. The quantitative estimate of drug-likeness (QED) is 0.727. The van der Waals surface area contributed by atoms with Crippen LogP contribution in [0.2, 0.25) is 0 Å². The Kier molecular flexibility index (Phi) is 4.86. The fourth-order valence-electron chi connectivity index (χ4n) is 2.67. The topological polar surface area (TPSA) is 66.6 Å². The molecule has 1 aromatic carbocycles. The Morgan fingerprint density at radius 3 is 2.68 bits per heavy atom. The first-order chi connectivity index (χ1) is 11.9. The highest BCUT2D eigenvalue weighted by atomic mass is 16.3. The first kappa shape index (κ1) is 17.2. The van der Waals surface area contributed by atoms with Gasteiger partial charge < -0.3 is 10.4 Å². The predicted octanol–water partition coefficient (Wildman–Crippen LogP) is 2.97. The van der Waals surface area contributed by atoms with Gasteiger partial charge in [0, 0.05) is 23.9 Å². The van der Waals surface area contributed by atoms with Crippen molar-refractivity contribution in [1.82, 2.24) is 14.9 Å². The van der Waals surface area contributed by atoms with Gasteiger partial charge in [-0.3, -0.25) is 4.79 Å². The second kappa shape index (κ2) is 7.07. The smallest absolute Gasteiger partial charge is 0.251 e. The number of aryl methyl sites for hydroxylation is 1. The molecular formula is C20H23N3O2. The van der Waals surface area contributed by atoms with Crippen molar-refractivity contribution in [2.45, 2.75) is 38.8 Å². The summed E-state index contributed by atoms with van der Waals surface area (Å²) >= 11 is 0. The lowest BCUT2D eigenvalue weighted by Gasteiger charge is -2.16. The maximum atomic E-state index is 12.3. The Bertz CT molecular complexity index is 861. The zero-order chi connectivity index (χ0) is 17.9. The van der Waals surface area contributed by atoms with Crippen LogP contribution in [-0.2, 0) is 13.0 Å². The molecule has 2 heterocycles. The van der Waals surface area contributed by atoms with Crippen molar-refractivity contribution in [3.05, 3.63) is 71.5 Å². The molecule has 5 heteroatoms. The molecular weight excluding hydrogens is 314 g/mol. The molecule has 2 aromatic heterocycles. The van der Waals surface area contributed by atoms with Gasteiger partial charge in [-0.05, 0) is 56.5 Å². The zero-order valence-corrected chi connectivity index (χ0v) is 14.6. The number of hydrogen-bond donors (Lipinski definition) is 2. The van der Waals surface area contributed by atoms with Crippen molar-refractivity contribution in [2.75, 3.05) is 0 Å². The Balaban J connectivity index is 1.59. The summed E-state index contributed by atoms with van der Waals surface area (Å²) in [7, 11) is 0. The van der Waals surface area contributed by atoms with Gasteiger partial charge in [-0.2, -0.15) is 5.10 Å². The summed E-state index contributed by atoms with van der Waals surface area (Å²) in [5.74, 6) is -0.107. The third kappa shape index (κ3) is 4.45. The van der Waals surface area contributed by atoms with E-state index in [-0.39, 0.29) is 5.91 Å². The maximum absolute atomic E-state index is 12.3. The number of rotatable bonds is 6. The Morgan fingerprint density at radius 2 is 1.96 bits per heavy atom. The molecule has 130 valence electrons. The maximum Gasteiger partial charge on any atom is 0.251 e. The van der Waals surface area contributed by atoms with E-state index in [4.69, 9.17) is 0 Å². The van der Waals surface area contributed by atoms with Crippen molar-refractivity contribution < 1.29 is 9.90 Å². The second-order valence-corrected chi connectivity index (χ2v) is 6.89. The molecule has 3 aromatic rings. The summed E-state index contributed by atoms with van der Waals surface area (Å²) in [6.45, 7) is 4.04. The summed E-state index contributed by atoms with van der Waals surface area (Å²) < 4.78 is 1.79. The van der Waals surface area contributed by atoms with Crippen molar-refractivity contribution in [3.8, 4) is 0 Å². The molecule has 0 fully saturated rings. The minimum Gasteiger partial charge on any atom is -0.390 e. The van der Waals surface area contributed by atoms with Gasteiger partial charge in [-0.15, -0.1) is 0 Å². The van der Waals surface area contributed by atoms with Gasteiger partial charge in [0.05, 0.1) is 17.3 Å². The minimum atomic E-state index is -0.676. The number of hydrogen-bond acceptors (Lipinski definition) is 3. The van der Waals surface area contributed by atoms with E-state index in [1.165, 1.54) is 0 Å². The van der Waals surface area contributed by atoms with E-state index in [9.17, 15) is 9.90 Å². The highest BCUT2D eigenvalue weighted by Crippen LogP contribution is 2.14. The zero-order valence-electron chi connectivity index (χ0n) is 14.6. The number of nitrogens with one attached hydrogen (secondary N) is 1. The van der Waals surface area contributed by atoms with Crippen LogP contribution in [0.4, 0.5) is 0 Å². The number of pyridine rings is 1. The third-order valence-corrected chi connectivity index (χ3v) is 4.19. The largest absolute Gasteiger partial charge is 0.390 e. The molecule has 25 heavy (non-hydrogen) atoms. The number of carbonyl (C=O) groups excluding carboxylic acids is 1. The summed E-state index contributed by atoms with van der Waals surface area (Å²) in [5.41, 5.74) is 3.04. The lowest BCUT2D eigenvalue weighted by molar-refractivity contribution is 0.0713. The molecule has 0 saturated heterocycles. The van der Waals surface area contributed by atoms with Gasteiger partial charge in [0.1, 0.15) is 0 Å². The molecule has 0 bridgehead atoms. The molecule has 3 rings (SSSR count). The Morgan fingerprint density at radius 1 is 1.20 bits per heavy atom. The van der Waals surface area contributed by atoms with E-state index in [1.807, 2.05) is 48.7 Å². The number of aliphatic hydroxyl groups is 1. The highest BCUT2D eigenvalue weighted by molar-refractivity contribution is 5.94. The lowest BCUT2D eigenvalue weighted by Crippen LogP contribution is -2.22. The van der Waals surface area contributed by atoms with Gasteiger partial charge in [-0.25, -0.2) is 4.52 Å². The van der Waals surface area contributed by atoms with Crippen LogP contribution < -0.4 is 5.32 Å². The average Bonchev–Trinajstić information content (AvgIpc) is 3.01.